The number of nitrogens with one attached hydrogen (secondary N) is 1. The number of fused-ring (bicyclic) bond motifs is 1. The molecule has 0 aromatic heterocycles. The molecule has 2 aliphatic carbocycles. The number of Topliss-reactive ketones (excluding diaryl/α,β-unsaturated/α-hetero) is 2. The maximum Gasteiger partial charge on any atom is 0.243 e. The van der Waals surface area contributed by atoms with Crippen LogP contribution in [0.1, 0.15) is 74.1 Å². The minimum atomic E-state index is -0.779. The summed E-state index contributed by atoms with van der Waals surface area (Å²) in [6, 6.07) is -1.34. The zero-order chi connectivity index (χ0) is 22.6. The Bertz CT molecular complexity index is 747. The lowest BCUT2D eigenvalue weighted by Gasteiger charge is -2.36. The second kappa shape index (κ2) is 7.76. The molecule has 0 bridgehead atoms. The summed E-state index contributed by atoms with van der Waals surface area (Å²) in [6.07, 6.45) is 3.71. The van der Waals surface area contributed by atoms with E-state index in [0.717, 1.165) is 19.3 Å². The Kier molecular flexibility index (Phi) is 5.94. The SMILES string of the molecule is CC(=O)C(=O)C(CC1CCC1)NC(=O)[C@@H]1C2C(CN1C(=O)C(C)C(C)(C)C)C2(C)C. The topological polar surface area (TPSA) is 83.6 Å². The Morgan fingerprint density at radius 3 is 2.20 bits per heavy atom. The van der Waals surface area contributed by atoms with Crippen molar-refractivity contribution in [3.8, 4) is 0 Å². The minimum Gasteiger partial charge on any atom is -0.344 e. The molecule has 2 saturated carbocycles. The van der Waals surface area contributed by atoms with Crippen molar-refractivity contribution in [3.63, 3.8) is 0 Å². The standard InChI is InChI=1S/C24H38N2O4/c1-13(23(3,4)5)22(30)26-12-16-18(24(16,6)7)19(26)21(29)25-17(20(28)14(2)27)11-15-9-8-10-15/h13,15-19H,8-12H2,1-7H3,(H,25,29)/t13?,16?,17?,18?,19-/m0/s1. The first-order chi connectivity index (χ1) is 13.8. The average Bonchev–Trinajstić information content (AvgIpc) is 2.95. The van der Waals surface area contributed by atoms with Crippen LogP contribution in [0.5, 0.6) is 0 Å². The fourth-order valence-corrected chi connectivity index (χ4v) is 5.23. The summed E-state index contributed by atoms with van der Waals surface area (Å²) in [7, 11) is 0. The first-order valence-corrected chi connectivity index (χ1v) is 11.4. The molecule has 0 aromatic carbocycles. The van der Waals surface area contributed by atoms with Crippen molar-refractivity contribution in [2.75, 3.05) is 6.54 Å². The van der Waals surface area contributed by atoms with Gasteiger partial charge in [0, 0.05) is 19.4 Å². The van der Waals surface area contributed by atoms with Crippen LogP contribution in [0.4, 0.5) is 0 Å². The highest BCUT2D eigenvalue weighted by Crippen LogP contribution is 2.65. The summed E-state index contributed by atoms with van der Waals surface area (Å²) in [5, 5.41) is 2.89. The Labute approximate surface area is 180 Å². The Balaban J connectivity index is 1.79. The van der Waals surface area contributed by atoms with Gasteiger partial charge in [0.1, 0.15) is 6.04 Å². The summed E-state index contributed by atoms with van der Waals surface area (Å²) < 4.78 is 0. The second-order valence-electron chi connectivity index (χ2n) is 11.5. The molecule has 3 rings (SSSR count). The molecule has 30 heavy (non-hydrogen) atoms. The van der Waals surface area contributed by atoms with E-state index in [1.807, 2.05) is 27.7 Å². The number of hydrogen-bond acceptors (Lipinski definition) is 4. The van der Waals surface area contributed by atoms with Crippen LogP contribution in [0.25, 0.3) is 0 Å². The molecular weight excluding hydrogens is 380 g/mol. The number of piperidine rings is 1. The van der Waals surface area contributed by atoms with Crippen LogP contribution < -0.4 is 5.32 Å². The molecule has 0 radical (unpaired) electrons. The maximum atomic E-state index is 13.4. The summed E-state index contributed by atoms with van der Waals surface area (Å²) in [5.41, 5.74) is -0.185. The lowest BCUT2D eigenvalue weighted by atomic mass is 9.79. The summed E-state index contributed by atoms with van der Waals surface area (Å²) in [6.45, 7) is 14.2. The number of hydrogen-bond donors (Lipinski definition) is 1. The Morgan fingerprint density at radius 1 is 1.13 bits per heavy atom. The van der Waals surface area contributed by atoms with E-state index in [9.17, 15) is 19.2 Å². The highest BCUT2D eigenvalue weighted by Gasteiger charge is 2.69. The highest BCUT2D eigenvalue weighted by atomic mass is 16.2. The fraction of sp³-hybridized carbons (Fsp3) is 0.833. The molecule has 2 amide bonds. The van der Waals surface area contributed by atoms with Crippen molar-refractivity contribution >= 4 is 23.4 Å². The molecule has 5 atom stereocenters. The third-order valence-electron chi connectivity index (χ3n) is 8.20. The number of likely N-dealkylation sites (tertiary alicyclic amines) is 1. The normalized spacial score (nSPS) is 29.4. The molecule has 0 spiro atoms. The highest BCUT2D eigenvalue weighted by molar-refractivity contribution is 6.38. The molecule has 3 fully saturated rings. The quantitative estimate of drug-likeness (QED) is 0.644. The van der Waals surface area contributed by atoms with Crippen molar-refractivity contribution in [2.24, 2.45) is 34.5 Å². The third kappa shape index (κ3) is 4.06. The van der Waals surface area contributed by atoms with Crippen LogP contribution in [0, 0.1) is 34.5 Å². The third-order valence-corrected chi connectivity index (χ3v) is 8.20. The largest absolute Gasteiger partial charge is 0.344 e. The fourth-order valence-electron chi connectivity index (χ4n) is 5.23. The van der Waals surface area contributed by atoms with Crippen LogP contribution in [0.15, 0.2) is 0 Å². The molecule has 168 valence electrons. The van der Waals surface area contributed by atoms with Crippen molar-refractivity contribution in [1.82, 2.24) is 10.2 Å². The van der Waals surface area contributed by atoms with Gasteiger partial charge in [-0.2, -0.15) is 0 Å². The predicted octanol–water partition coefficient (Wildman–Crippen LogP) is 2.98. The summed E-state index contributed by atoms with van der Waals surface area (Å²) in [4.78, 5) is 52.7. The van der Waals surface area contributed by atoms with Crippen molar-refractivity contribution in [3.05, 3.63) is 0 Å². The van der Waals surface area contributed by atoms with Gasteiger partial charge < -0.3 is 10.2 Å². The first kappa shape index (κ1) is 23.0. The van der Waals surface area contributed by atoms with Gasteiger partial charge in [0.15, 0.2) is 5.78 Å². The number of ketones is 2. The molecule has 1 saturated heterocycles. The van der Waals surface area contributed by atoms with Gasteiger partial charge in [-0.25, -0.2) is 0 Å². The van der Waals surface area contributed by atoms with Gasteiger partial charge in [-0.05, 0) is 35.0 Å². The van der Waals surface area contributed by atoms with E-state index in [1.54, 1.807) is 4.90 Å². The van der Waals surface area contributed by atoms with Gasteiger partial charge in [0.25, 0.3) is 0 Å². The molecule has 0 aromatic rings. The van der Waals surface area contributed by atoms with E-state index < -0.39 is 23.7 Å². The molecule has 1 aliphatic heterocycles. The molecule has 1 N–H and O–H groups in total. The average molecular weight is 419 g/mol. The Hall–Kier alpha value is -1.72. The van der Waals surface area contributed by atoms with Gasteiger partial charge in [0.05, 0.1) is 6.04 Å². The number of nitrogens with zero attached hydrogens (tertiary/aromatic N) is 1. The van der Waals surface area contributed by atoms with E-state index >= 15 is 0 Å². The molecular formula is C24H38N2O4. The van der Waals surface area contributed by atoms with Gasteiger partial charge in [-0.15, -0.1) is 0 Å². The molecule has 6 heteroatoms. The molecule has 6 nitrogen and oxygen atoms in total. The van der Waals surface area contributed by atoms with Crippen LogP contribution in [0.3, 0.4) is 0 Å². The predicted molar refractivity (Wildman–Crippen MR) is 114 cm³/mol. The minimum absolute atomic E-state index is 0.000845. The second-order valence-corrected chi connectivity index (χ2v) is 11.5. The van der Waals surface area contributed by atoms with Crippen LogP contribution >= 0.6 is 0 Å². The first-order valence-electron chi connectivity index (χ1n) is 11.4. The van der Waals surface area contributed by atoms with E-state index in [2.05, 4.69) is 19.2 Å². The van der Waals surface area contributed by atoms with E-state index in [-0.39, 0.29) is 34.5 Å². The molecule has 1 heterocycles. The van der Waals surface area contributed by atoms with E-state index in [0.29, 0.717) is 24.8 Å². The van der Waals surface area contributed by atoms with E-state index in [1.165, 1.54) is 6.92 Å². The number of carbonyl (C=O) groups excluding carboxylic acids is 4. The zero-order valence-electron chi connectivity index (χ0n) is 19.6. The van der Waals surface area contributed by atoms with Gasteiger partial charge in [-0.3, -0.25) is 19.2 Å². The van der Waals surface area contributed by atoms with Gasteiger partial charge in [-0.1, -0.05) is 60.8 Å². The smallest absolute Gasteiger partial charge is 0.243 e. The van der Waals surface area contributed by atoms with Gasteiger partial charge in [0.2, 0.25) is 17.6 Å². The molecule has 4 unspecified atom stereocenters. The molecule has 3 aliphatic rings. The maximum absolute atomic E-state index is 13.4. The van der Waals surface area contributed by atoms with Gasteiger partial charge >= 0.3 is 0 Å². The van der Waals surface area contributed by atoms with Crippen LogP contribution in [-0.2, 0) is 19.2 Å². The Morgan fingerprint density at radius 2 is 1.73 bits per heavy atom. The van der Waals surface area contributed by atoms with Crippen molar-refractivity contribution < 1.29 is 19.2 Å². The zero-order valence-corrected chi connectivity index (χ0v) is 19.6. The monoisotopic (exact) mass is 418 g/mol. The summed E-state index contributed by atoms with van der Waals surface area (Å²) in [5.74, 6) is -0.751. The van der Waals surface area contributed by atoms with Crippen LogP contribution in [-0.4, -0.2) is 46.9 Å². The summed E-state index contributed by atoms with van der Waals surface area (Å²) >= 11 is 0. The number of amides is 2. The van der Waals surface area contributed by atoms with Crippen molar-refractivity contribution in [1.29, 1.82) is 0 Å². The van der Waals surface area contributed by atoms with E-state index in [4.69, 9.17) is 0 Å². The lowest BCUT2D eigenvalue weighted by molar-refractivity contribution is -0.146. The van der Waals surface area contributed by atoms with Crippen LogP contribution in [0.2, 0.25) is 0 Å². The number of carbonyl (C=O) groups is 4. The number of rotatable bonds is 7. The lowest BCUT2D eigenvalue weighted by Crippen LogP contribution is -2.56. The van der Waals surface area contributed by atoms with Crippen molar-refractivity contribution in [2.45, 2.75) is 86.2 Å².